The zero-order chi connectivity index (χ0) is 12.4. The van der Waals surface area contributed by atoms with Crippen molar-refractivity contribution in [3.63, 3.8) is 0 Å². The van der Waals surface area contributed by atoms with E-state index < -0.39 is 0 Å². The van der Waals surface area contributed by atoms with Gasteiger partial charge in [0.2, 0.25) is 0 Å². The maximum atomic E-state index is 5.69. The van der Waals surface area contributed by atoms with E-state index in [1.165, 1.54) is 0 Å². The van der Waals surface area contributed by atoms with Gasteiger partial charge in [-0.25, -0.2) is 4.98 Å². The van der Waals surface area contributed by atoms with Gasteiger partial charge in [0.25, 0.3) is 0 Å². The van der Waals surface area contributed by atoms with Crippen LogP contribution in [0.5, 0.6) is 11.5 Å². The van der Waals surface area contributed by atoms with Gasteiger partial charge in [0.05, 0.1) is 29.3 Å². The van der Waals surface area contributed by atoms with Crippen molar-refractivity contribution in [2.24, 2.45) is 5.73 Å². The Bertz CT molecular complexity index is 554. The molecule has 3 rings (SSSR count). The monoisotopic (exact) mass is 262 g/mol. The van der Waals surface area contributed by atoms with E-state index in [0.717, 1.165) is 34.1 Å². The van der Waals surface area contributed by atoms with Gasteiger partial charge in [0.15, 0.2) is 11.5 Å². The maximum Gasteiger partial charge on any atom is 0.161 e. The summed E-state index contributed by atoms with van der Waals surface area (Å²) in [5.41, 5.74) is 9.51. The third kappa shape index (κ3) is 2.07. The highest BCUT2D eigenvalue weighted by Crippen LogP contribution is 2.36. The number of ether oxygens (including phenoxy) is 2. The zero-order valence-corrected chi connectivity index (χ0v) is 10.7. The fourth-order valence-corrected chi connectivity index (χ4v) is 2.77. The van der Waals surface area contributed by atoms with E-state index in [-0.39, 0.29) is 0 Å². The fraction of sp³-hybridized carbons (Fsp3) is 0.308. The molecular weight excluding hydrogens is 248 g/mol. The molecule has 0 fully saturated rings. The summed E-state index contributed by atoms with van der Waals surface area (Å²) in [6.07, 6.45) is 0.915. The molecule has 1 aliphatic rings. The lowest BCUT2D eigenvalue weighted by Gasteiger charge is -2.09. The Labute approximate surface area is 109 Å². The van der Waals surface area contributed by atoms with Gasteiger partial charge in [-0.3, -0.25) is 0 Å². The first-order valence-corrected chi connectivity index (χ1v) is 6.79. The number of thiazole rings is 1. The Kier molecular flexibility index (Phi) is 3.17. The lowest BCUT2D eigenvalue weighted by Crippen LogP contribution is -1.98. The van der Waals surface area contributed by atoms with Gasteiger partial charge in [-0.2, -0.15) is 0 Å². The van der Waals surface area contributed by atoms with Crippen molar-refractivity contribution in [2.45, 2.75) is 13.0 Å². The van der Waals surface area contributed by atoms with E-state index in [1.54, 1.807) is 11.3 Å². The summed E-state index contributed by atoms with van der Waals surface area (Å²) in [4.78, 5) is 5.37. The number of rotatable bonds is 2. The Morgan fingerprint density at radius 3 is 2.89 bits per heavy atom. The molecule has 2 heterocycles. The summed E-state index contributed by atoms with van der Waals surface area (Å²) >= 11 is 1.60. The molecule has 0 spiro atoms. The molecule has 0 amide bonds. The minimum absolute atomic E-state index is 0.452. The van der Waals surface area contributed by atoms with E-state index in [0.29, 0.717) is 19.8 Å². The molecule has 0 saturated heterocycles. The predicted octanol–water partition coefficient (Wildman–Crippen LogP) is 2.43. The number of aromatic nitrogens is 1. The summed E-state index contributed by atoms with van der Waals surface area (Å²) in [5.74, 6) is 1.62. The smallest absolute Gasteiger partial charge is 0.161 e. The number of nitrogens with zero attached hydrogens (tertiary/aromatic N) is 1. The molecule has 0 radical (unpaired) electrons. The highest BCUT2D eigenvalue weighted by molar-refractivity contribution is 7.13. The van der Waals surface area contributed by atoms with Gasteiger partial charge >= 0.3 is 0 Å². The van der Waals surface area contributed by atoms with Crippen LogP contribution in [0.3, 0.4) is 0 Å². The van der Waals surface area contributed by atoms with Crippen molar-refractivity contribution < 1.29 is 9.47 Å². The first kappa shape index (κ1) is 11.5. The summed E-state index contributed by atoms with van der Waals surface area (Å²) in [7, 11) is 0. The molecule has 0 unspecified atom stereocenters. The van der Waals surface area contributed by atoms with Gasteiger partial charge < -0.3 is 15.2 Å². The molecular formula is C13H14N2O2S. The molecule has 2 aromatic rings. The highest BCUT2D eigenvalue weighted by atomic mass is 32.1. The highest BCUT2D eigenvalue weighted by Gasteiger charge is 2.13. The van der Waals surface area contributed by atoms with E-state index in [2.05, 4.69) is 4.98 Å². The first-order chi connectivity index (χ1) is 8.88. The molecule has 0 saturated carbocycles. The van der Waals surface area contributed by atoms with Crippen LogP contribution in [0.1, 0.15) is 12.1 Å². The number of hydrogen-bond acceptors (Lipinski definition) is 5. The second-order valence-electron chi connectivity index (χ2n) is 4.04. The molecule has 2 N–H and O–H groups in total. The van der Waals surface area contributed by atoms with Crippen molar-refractivity contribution >= 4 is 11.3 Å². The van der Waals surface area contributed by atoms with Gasteiger partial charge in [0.1, 0.15) is 0 Å². The second-order valence-corrected chi connectivity index (χ2v) is 4.90. The molecule has 1 aromatic heterocycles. The third-order valence-electron chi connectivity index (χ3n) is 2.84. The van der Waals surface area contributed by atoms with Crippen LogP contribution in [0.25, 0.3) is 10.4 Å². The summed E-state index contributed by atoms with van der Waals surface area (Å²) in [5, 5.41) is 0. The van der Waals surface area contributed by atoms with Crippen molar-refractivity contribution in [2.75, 3.05) is 13.2 Å². The summed E-state index contributed by atoms with van der Waals surface area (Å²) < 4.78 is 11.3. The zero-order valence-electron chi connectivity index (χ0n) is 9.89. The lowest BCUT2D eigenvalue weighted by molar-refractivity contribution is 0.297. The Morgan fingerprint density at radius 1 is 1.22 bits per heavy atom. The Balaban J connectivity index is 2.01. The van der Waals surface area contributed by atoms with Crippen LogP contribution in [0.2, 0.25) is 0 Å². The van der Waals surface area contributed by atoms with Crippen LogP contribution in [-0.2, 0) is 6.54 Å². The van der Waals surface area contributed by atoms with E-state index in [4.69, 9.17) is 15.2 Å². The van der Waals surface area contributed by atoms with Crippen molar-refractivity contribution in [3.05, 3.63) is 29.4 Å². The molecule has 1 aliphatic heterocycles. The summed E-state index contributed by atoms with van der Waals surface area (Å²) in [6, 6.07) is 5.99. The van der Waals surface area contributed by atoms with Crippen LogP contribution in [0.4, 0.5) is 0 Å². The number of fused-ring (bicyclic) bond motifs is 1. The quantitative estimate of drug-likeness (QED) is 0.903. The van der Waals surface area contributed by atoms with Crippen LogP contribution < -0.4 is 15.2 Å². The van der Waals surface area contributed by atoms with E-state index in [9.17, 15) is 0 Å². The van der Waals surface area contributed by atoms with Crippen molar-refractivity contribution in [3.8, 4) is 21.9 Å². The van der Waals surface area contributed by atoms with Gasteiger partial charge in [-0.1, -0.05) is 0 Å². The molecule has 5 heteroatoms. The normalized spacial score (nSPS) is 14.3. The topological polar surface area (TPSA) is 57.4 Å². The maximum absolute atomic E-state index is 5.69. The fourth-order valence-electron chi connectivity index (χ4n) is 1.95. The Hall–Kier alpha value is -1.59. The average Bonchev–Trinajstić information content (AvgIpc) is 2.76. The van der Waals surface area contributed by atoms with Crippen LogP contribution in [0, 0.1) is 0 Å². The van der Waals surface area contributed by atoms with E-state index >= 15 is 0 Å². The number of benzene rings is 1. The Morgan fingerprint density at radius 2 is 2.06 bits per heavy atom. The minimum Gasteiger partial charge on any atom is -0.490 e. The SMILES string of the molecule is NCc1ncsc1-c1ccc2c(c1)OCCCO2. The molecule has 1 aromatic carbocycles. The van der Waals surface area contributed by atoms with Gasteiger partial charge in [-0.05, 0) is 23.8 Å². The second kappa shape index (κ2) is 4.96. The van der Waals surface area contributed by atoms with Crippen LogP contribution >= 0.6 is 11.3 Å². The van der Waals surface area contributed by atoms with Crippen molar-refractivity contribution in [1.82, 2.24) is 4.98 Å². The first-order valence-electron chi connectivity index (χ1n) is 5.91. The van der Waals surface area contributed by atoms with Gasteiger partial charge in [0, 0.05) is 13.0 Å². The summed E-state index contributed by atoms with van der Waals surface area (Å²) in [6.45, 7) is 1.86. The predicted molar refractivity (Wildman–Crippen MR) is 71.0 cm³/mol. The lowest BCUT2D eigenvalue weighted by atomic mass is 10.1. The molecule has 18 heavy (non-hydrogen) atoms. The standard InChI is InChI=1S/C13H14N2O2S/c14-7-10-13(18-8-15-10)9-2-3-11-12(6-9)17-5-1-4-16-11/h2-3,6,8H,1,4-5,7,14H2. The molecule has 4 nitrogen and oxygen atoms in total. The van der Waals surface area contributed by atoms with Gasteiger partial charge in [-0.15, -0.1) is 11.3 Å². The van der Waals surface area contributed by atoms with Crippen molar-refractivity contribution in [1.29, 1.82) is 0 Å². The average molecular weight is 262 g/mol. The minimum atomic E-state index is 0.452. The molecule has 0 atom stereocenters. The third-order valence-corrected chi connectivity index (χ3v) is 3.76. The number of hydrogen-bond donors (Lipinski definition) is 1. The van der Waals surface area contributed by atoms with Crippen LogP contribution in [-0.4, -0.2) is 18.2 Å². The molecule has 0 aliphatic carbocycles. The number of nitrogens with two attached hydrogens (primary N) is 1. The molecule has 0 bridgehead atoms. The molecule has 94 valence electrons. The van der Waals surface area contributed by atoms with E-state index in [1.807, 2.05) is 23.7 Å². The largest absolute Gasteiger partial charge is 0.490 e. The van der Waals surface area contributed by atoms with Crippen LogP contribution in [0.15, 0.2) is 23.7 Å².